The number of aryl methyl sites for hydroxylation is 1. The van der Waals surface area contributed by atoms with Crippen molar-refractivity contribution in [1.82, 2.24) is 5.32 Å². The molecule has 0 radical (unpaired) electrons. The molecule has 0 aliphatic heterocycles. The number of primary amides is 1. The van der Waals surface area contributed by atoms with Crippen LogP contribution in [0.25, 0.3) is 0 Å². The van der Waals surface area contributed by atoms with Gasteiger partial charge in [0.1, 0.15) is 0 Å². The molecule has 100 valence electrons. The maximum atomic E-state index is 11.1. The van der Waals surface area contributed by atoms with E-state index in [0.29, 0.717) is 11.6 Å². The molecule has 1 atom stereocenters. The largest absolute Gasteiger partial charge is 0.366 e. The van der Waals surface area contributed by atoms with Crippen LogP contribution >= 0.6 is 11.3 Å². The third kappa shape index (κ3) is 3.43. The number of carbonyl (C=O) groups is 1. The predicted molar refractivity (Wildman–Crippen MR) is 79.3 cm³/mol. The minimum Gasteiger partial charge on any atom is -0.366 e. The van der Waals surface area contributed by atoms with Crippen LogP contribution in [0.2, 0.25) is 0 Å². The summed E-state index contributed by atoms with van der Waals surface area (Å²) >= 11 is 1.75. The number of benzene rings is 1. The molecule has 0 aliphatic carbocycles. The van der Waals surface area contributed by atoms with Crippen molar-refractivity contribution in [2.75, 3.05) is 0 Å². The standard InChI is InChI=1S/C15H18N2OS/c1-10-8-12(15(16)18)5-6-13(10)9-17-11(2)14-4-3-7-19-14/h3-8,11,17H,9H2,1-2H3,(H2,16,18). The molecule has 19 heavy (non-hydrogen) atoms. The van der Waals surface area contributed by atoms with Crippen LogP contribution in [0.3, 0.4) is 0 Å². The van der Waals surface area contributed by atoms with E-state index in [1.54, 1.807) is 17.4 Å². The number of nitrogens with two attached hydrogens (primary N) is 1. The fraction of sp³-hybridized carbons (Fsp3) is 0.267. The van der Waals surface area contributed by atoms with Gasteiger partial charge in [-0.1, -0.05) is 12.1 Å². The van der Waals surface area contributed by atoms with E-state index in [4.69, 9.17) is 5.73 Å². The van der Waals surface area contributed by atoms with Crippen molar-refractivity contribution in [1.29, 1.82) is 0 Å². The lowest BCUT2D eigenvalue weighted by atomic mass is 10.0. The fourth-order valence-corrected chi connectivity index (χ4v) is 2.71. The molecule has 3 nitrogen and oxygen atoms in total. The van der Waals surface area contributed by atoms with Gasteiger partial charge in [0.25, 0.3) is 0 Å². The maximum Gasteiger partial charge on any atom is 0.248 e. The van der Waals surface area contributed by atoms with E-state index in [2.05, 4.69) is 29.8 Å². The summed E-state index contributed by atoms with van der Waals surface area (Å²) in [5.41, 5.74) is 8.10. The Bertz CT molecular complexity index is 564. The Labute approximate surface area is 117 Å². The van der Waals surface area contributed by atoms with Gasteiger partial charge in [-0.25, -0.2) is 0 Å². The monoisotopic (exact) mass is 274 g/mol. The highest BCUT2D eigenvalue weighted by Crippen LogP contribution is 2.19. The number of nitrogens with one attached hydrogen (secondary N) is 1. The van der Waals surface area contributed by atoms with Gasteiger partial charge in [-0.05, 0) is 48.6 Å². The molecule has 0 fully saturated rings. The average molecular weight is 274 g/mol. The van der Waals surface area contributed by atoms with Gasteiger partial charge in [-0.3, -0.25) is 4.79 Å². The van der Waals surface area contributed by atoms with E-state index in [1.807, 2.05) is 19.1 Å². The Morgan fingerprint density at radius 3 is 2.79 bits per heavy atom. The first-order valence-corrected chi connectivity index (χ1v) is 7.12. The molecule has 2 rings (SSSR count). The van der Waals surface area contributed by atoms with Crippen LogP contribution in [0.5, 0.6) is 0 Å². The summed E-state index contributed by atoms with van der Waals surface area (Å²) in [6.45, 7) is 4.93. The van der Waals surface area contributed by atoms with Crippen LogP contribution in [-0.4, -0.2) is 5.91 Å². The van der Waals surface area contributed by atoms with Gasteiger partial charge >= 0.3 is 0 Å². The van der Waals surface area contributed by atoms with Gasteiger partial charge in [-0.2, -0.15) is 0 Å². The minimum absolute atomic E-state index is 0.329. The number of carbonyl (C=O) groups excluding carboxylic acids is 1. The molecule has 4 heteroatoms. The van der Waals surface area contributed by atoms with Gasteiger partial charge in [0.15, 0.2) is 0 Å². The second kappa shape index (κ2) is 5.99. The Morgan fingerprint density at radius 2 is 2.21 bits per heavy atom. The van der Waals surface area contributed by atoms with Crippen LogP contribution in [0.4, 0.5) is 0 Å². The van der Waals surface area contributed by atoms with Crippen LogP contribution in [0.15, 0.2) is 35.7 Å². The highest BCUT2D eigenvalue weighted by Gasteiger charge is 2.08. The van der Waals surface area contributed by atoms with Crippen LogP contribution in [0, 0.1) is 6.92 Å². The molecule has 1 aromatic heterocycles. The summed E-state index contributed by atoms with van der Waals surface area (Å²) < 4.78 is 0. The van der Waals surface area contributed by atoms with Crippen molar-refractivity contribution >= 4 is 17.2 Å². The highest BCUT2D eigenvalue weighted by atomic mass is 32.1. The number of hydrogen-bond acceptors (Lipinski definition) is 3. The number of hydrogen-bond donors (Lipinski definition) is 2. The lowest BCUT2D eigenvalue weighted by Gasteiger charge is -2.14. The van der Waals surface area contributed by atoms with Gasteiger partial charge in [0.05, 0.1) is 0 Å². The molecule has 0 saturated heterocycles. The quantitative estimate of drug-likeness (QED) is 0.880. The van der Waals surface area contributed by atoms with Crippen molar-refractivity contribution in [2.24, 2.45) is 5.73 Å². The molecule has 0 bridgehead atoms. The van der Waals surface area contributed by atoms with Crippen molar-refractivity contribution < 1.29 is 4.79 Å². The average Bonchev–Trinajstić information content (AvgIpc) is 2.90. The Morgan fingerprint density at radius 1 is 1.42 bits per heavy atom. The molecule has 0 aliphatic rings. The van der Waals surface area contributed by atoms with E-state index in [1.165, 1.54) is 10.4 Å². The van der Waals surface area contributed by atoms with E-state index < -0.39 is 0 Å². The molecule has 0 spiro atoms. The predicted octanol–water partition coefficient (Wildman–Crippen LogP) is 3.01. The first kappa shape index (κ1) is 13.8. The molecule has 1 heterocycles. The van der Waals surface area contributed by atoms with Crippen molar-refractivity contribution in [3.8, 4) is 0 Å². The SMILES string of the molecule is Cc1cc(C(N)=O)ccc1CNC(C)c1cccs1. The van der Waals surface area contributed by atoms with Gasteiger partial charge < -0.3 is 11.1 Å². The van der Waals surface area contributed by atoms with E-state index >= 15 is 0 Å². The maximum absolute atomic E-state index is 11.1. The van der Waals surface area contributed by atoms with Gasteiger partial charge in [-0.15, -0.1) is 11.3 Å². The number of amides is 1. The first-order chi connectivity index (χ1) is 9.08. The molecule has 1 aromatic carbocycles. The topological polar surface area (TPSA) is 55.1 Å². The van der Waals surface area contributed by atoms with Crippen LogP contribution < -0.4 is 11.1 Å². The first-order valence-electron chi connectivity index (χ1n) is 6.24. The van der Waals surface area contributed by atoms with Crippen molar-refractivity contribution in [3.63, 3.8) is 0 Å². The normalized spacial score (nSPS) is 12.3. The zero-order chi connectivity index (χ0) is 13.8. The Kier molecular flexibility index (Phi) is 4.35. The number of thiophene rings is 1. The Hall–Kier alpha value is -1.65. The second-order valence-corrected chi connectivity index (χ2v) is 5.60. The van der Waals surface area contributed by atoms with Crippen molar-refractivity contribution in [3.05, 3.63) is 57.3 Å². The fourth-order valence-electron chi connectivity index (χ4n) is 1.95. The van der Waals surface area contributed by atoms with E-state index in [9.17, 15) is 4.79 Å². The summed E-state index contributed by atoms with van der Waals surface area (Å²) in [4.78, 5) is 12.4. The zero-order valence-electron chi connectivity index (χ0n) is 11.1. The summed E-state index contributed by atoms with van der Waals surface area (Å²) in [7, 11) is 0. The van der Waals surface area contributed by atoms with Crippen molar-refractivity contribution in [2.45, 2.75) is 26.4 Å². The third-order valence-electron chi connectivity index (χ3n) is 3.20. The summed E-state index contributed by atoms with van der Waals surface area (Å²) in [6, 6.07) is 10.1. The zero-order valence-corrected chi connectivity index (χ0v) is 12.0. The minimum atomic E-state index is -0.380. The third-order valence-corrected chi connectivity index (χ3v) is 4.25. The molecular formula is C15H18N2OS. The summed E-state index contributed by atoms with van der Waals surface area (Å²) in [5.74, 6) is -0.380. The number of rotatable bonds is 5. The molecule has 0 saturated carbocycles. The highest BCUT2D eigenvalue weighted by molar-refractivity contribution is 7.10. The summed E-state index contributed by atoms with van der Waals surface area (Å²) in [5, 5.41) is 5.57. The lowest BCUT2D eigenvalue weighted by Crippen LogP contribution is -2.18. The summed E-state index contributed by atoms with van der Waals surface area (Å²) in [6.07, 6.45) is 0. The lowest BCUT2D eigenvalue weighted by molar-refractivity contribution is 0.1000. The van der Waals surface area contributed by atoms with Gasteiger partial charge in [0.2, 0.25) is 5.91 Å². The van der Waals surface area contributed by atoms with Crippen LogP contribution in [-0.2, 0) is 6.54 Å². The molecule has 3 N–H and O–H groups in total. The molecule has 1 amide bonds. The van der Waals surface area contributed by atoms with Gasteiger partial charge in [0, 0.05) is 23.0 Å². The second-order valence-electron chi connectivity index (χ2n) is 4.62. The van der Waals surface area contributed by atoms with Crippen LogP contribution in [0.1, 0.15) is 39.3 Å². The molecule has 2 aromatic rings. The van der Waals surface area contributed by atoms with E-state index in [-0.39, 0.29) is 5.91 Å². The smallest absolute Gasteiger partial charge is 0.248 e. The molecular weight excluding hydrogens is 256 g/mol. The Balaban J connectivity index is 2.02. The molecule has 1 unspecified atom stereocenters. The van der Waals surface area contributed by atoms with E-state index in [0.717, 1.165) is 12.1 Å².